The minimum atomic E-state index is 0.707. The molecule has 1 nitrogen and oxygen atoms in total. The second-order valence-corrected chi connectivity index (χ2v) is 3.17. The molecule has 1 aromatic carbocycles. The molecule has 0 saturated heterocycles. The van der Waals surface area contributed by atoms with Gasteiger partial charge in [-0.3, -0.25) is 0 Å². The monoisotopic (exact) mass is 176 g/mol. The SMILES string of the molecule is COC/C=C(\C)Cc1ccccc1. The van der Waals surface area contributed by atoms with Crippen molar-refractivity contribution >= 4 is 0 Å². The van der Waals surface area contributed by atoms with Crippen molar-refractivity contribution in [2.24, 2.45) is 0 Å². The standard InChI is InChI=1S/C12H16O/c1-11(8-9-13-2)10-12-6-4-3-5-7-12/h3-8H,9-10H2,1-2H3/b11-8+. The van der Waals surface area contributed by atoms with E-state index in [1.807, 2.05) is 6.07 Å². The Labute approximate surface area is 80.0 Å². The summed E-state index contributed by atoms with van der Waals surface area (Å²) in [6.45, 7) is 2.84. The van der Waals surface area contributed by atoms with Crippen molar-refractivity contribution in [1.82, 2.24) is 0 Å². The van der Waals surface area contributed by atoms with Crippen LogP contribution < -0.4 is 0 Å². The summed E-state index contributed by atoms with van der Waals surface area (Å²) < 4.78 is 4.97. The molecular formula is C12H16O. The van der Waals surface area contributed by atoms with Gasteiger partial charge in [-0.15, -0.1) is 0 Å². The number of rotatable bonds is 4. The zero-order valence-electron chi connectivity index (χ0n) is 8.29. The number of methoxy groups -OCH3 is 1. The zero-order valence-corrected chi connectivity index (χ0v) is 8.29. The molecule has 0 radical (unpaired) electrons. The van der Waals surface area contributed by atoms with Crippen LogP contribution in [-0.2, 0) is 11.2 Å². The third-order valence-corrected chi connectivity index (χ3v) is 1.92. The summed E-state index contributed by atoms with van der Waals surface area (Å²) in [5.41, 5.74) is 2.71. The van der Waals surface area contributed by atoms with Crippen LogP contribution >= 0.6 is 0 Å². The van der Waals surface area contributed by atoms with E-state index in [-0.39, 0.29) is 0 Å². The van der Waals surface area contributed by atoms with Crippen molar-refractivity contribution < 1.29 is 4.74 Å². The van der Waals surface area contributed by atoms with Gasteiger partial charge in [0.05, 0.1) is 6.61 Å². The second kappa shape index (κ2) is 5.55. The van der Waals surface area contributed by atoms with Crippen LogP contribution in [0.5, 0.6) is 0 Å². The van der Waals surface area contributed by atoms with Crippen LogP contribution in [-0.4, -0.2) is 13.7 Å². The van der Waals surface area contributed by atoms with Crippen molar-refractivity contribution in [2.75, 3.05) is 13.7 Å². The van der Waals surface area contributed by atoms with Gasteiger partial charge in [0.25, 0.3) is 0 Å². The smallest absolute Gasteiger partial charge is 0.0646 e. The highest BCUT2D eigenvalue weighted by Crippen LogP contribution is 2.06. The van der Waals surface area contributed by atoms with Gasteiger partial charge in [-0.1, -0.05) is 42.0 Å². The van der Waals surface area contributed by atoms with Crippen LogP contribution in [0.15, 0.2) is 42.0 Å². The summed E-state index contributed by atoms with van der Waals surface area (Å²) in [4.78, 5) is 0. The Kier molecular flexibility index (Phi) is 4.27. The fourth-order valence-corrected chi connectivity index (χ4v) is 1.22. The van der Waals surface area contributed by atoms with Gasteiger partial charge in [-0.2, -0.15) is 0 Å². The van der Waals surface area contributed by atoms with E-state index in [4.69, 9.17) is 4.74 Å². The Bertz CT molecular complexity index is 262. The van der Waals surface area contributed by atoms with Gasteiger partial charge in [-0.25, -0.2) is 0 Å². The summed E-state index contributed by atoms with van der Waals surface area (Å²) in [5.74, 6) is 0. The Morgan fingerprint density at radius 2 is 2.00 bits per heavy atom. The Hall–Kier alpha value is -1.08. The molecule has 1 rings (SSSR count). The van der Waals surface area contributed by atoms with E-state index in [0.717, 1.165) is 6.42 Å². The largest absolute Gasteiger partial charge is 0.381 e. The number of hydrogen-bond donors (Lipinski definition) is 0. The lowest BCUT2D eigenvalue weighted by Gasteiger charge is -2.01. The molecule has 13 heavy (non-hydrogen) atoms. The Balaban J connectivity index is 2.50. The van der Waals surface area contributed by atoms with Crippen molar-refractivity contribution in [3.05, 3.63) is 47.5 Å². The fraction of sp³-hybridized carbons (Fsp3) is 0.333. The molecule has 0 amide bonds. The molecule has 0 bridgehead atoms. The zero-order chi connectivity index (χ0) is 9.52. The third kappa shape index (κ3) is 3.90. The molecule has 0 aliphatic rings. The minimum absolute atomic E-state index is 0.707. The molecule has 0 spiro atoms. The highest BCUT2D eigenvalue weighted by molar-refractivity contribution is 5.20. The second-order valence-electron chi connectivity index (χ2n) is 3.17. The molecule has 1 heteroatoms. The molecule has 0 aromatic heterocycles. The quantitative estimate of drug-likeness (QED) is 0.641. The van der Waals surface area contributed by atoms with Gasteiger partial charge >= 0.3 is 0 Å². The van der Waals surface area contributed by atoms with Gasteiger partial charge in [0.2, 0.25) is 0 Å². The molecule has 0 saturated carbocycles. The van der Waals surface area contributed by atoms with Crippen LogP contribution in [0.4, 0.5) is 0 Å². The average Bonchev–Trinajstić information content (AvgIpc) is 2.16. The van der Waals surface area contributed by atoms with Crippen LogP contribution in [0.2, 0.25) is 0 Å². The molecular weight excluding hydrogens is 160 g/mol. The van der Waals surface area contributed by atoms with E-state index in [9.17, 15) is 0 Å². The molecule has 0 heterocycles. The van der Waals surface area contributed by atoms with Crippen LogP contribution in [0.1, 0.15) is 12.5 Å². The molecule has 0 atom stereocenters. The molecule has 0 unspecified atom stereocenters. The predicted molar refractivity (Wildman–Crippen MR) is 55.8 cm³/mol. The molecule has 1 aromatic rings. The van der Waals surface area contributed by atoms with Gasteiger partial charge in [0.15, 0.2) is 0 Å². The van der Waals surface area contributed by atoms with Gasteiger partial charge in [-0.05, 0) is 18.9 Å². The van der Waals surface area contributed by atoms with Crippen molar-refractivity contribution in [1.29, 1.82) is 0 Å². The fourth-order valence-electron chi connectivity index (χ4n) is 1.22. The molecule has 0 aliphatic heterocycles. The molecule has 70 valence electrons. The first kappa shape index (κ1) is 10.0. The average molecular weight is 176 g/mol. The van der Waals surface area contributed by atoms with Crippen LogP contribution in [0.3, 0.4) is 0 Å². The van der Waals surface area contributed by atoms with Gasteiger partial charge in [0.1, 0.15) is 0 Å². The Morgan fingerprint density at radius 1 is 1.31 bits per heavy atom. The maximum absolute atomic E-state index is 4.97. The highest BCUT2D eigenvalue weighted by Gasteiger charge is 1.92. The predicted octanol–water partition coefficient (Wildman–Crippen LogP) is 2.82. The lowest BCUT2D eigenvalue weighted by Crippen LogP contribution is -1.89. The summed E-state index contributed by atoms with van der Waals surface area (Å²) in [5, 5.41) is 0. The summed E-state index contributed by atoms with van der Waals surface area (Å²) in [7, 11) is 1.71. The van der Waals surface area contributed by atoms with E-state index >= 15 is 0 Å². The summed E-state index contributed by atoms with van der Waals surface area (Å²) in [6.07, 6.45) is 3.14. The maximum Gasteiger partial charge on any atom is 0.0646 e. The summed E-state index contributed by atoms with van der Waals surface area (Å²) in [6, 6.07) is 10.5. The van der Waals surface area contributed by atoms with Gasteiger partial charge < -0.3 is 4.74 Å². The molecule has 0 N–H and O–H groups in total. The van der Waals surface area contributed by atoms with E-state index in [1.165, 1.54) is 11.1 Å². The third-order valence-electron chi connectivity index (χ3n) is 1.92. The minimum Gasteiger partial charge on any atom is -0.381 e. The molecule has 0 aliphatic carbocycles. The van der Waals surface area contributed by atoms with E-state index in [2.05, 4.69) is 37.3 Å². The van der Waals surface area contributed by atoms with Crippen molar-refractivity contribution in [3.8, 4) is 0 Å². The van der Waals surface area contributed by atoms with Crippen molar-refractivity contribution in [3.63, 3.8) is 0 Å². The van der Waals surface area contributed by atoms with E-state index in [0.29, 0.717) is 6.61 Å². The highest BCUT2D eigenvalue weighted by atomic mass is 16.5. The first-order valence-electron chi connectivity index (χ1n) is 4.51. The maximum atomic E-state index is 4.97. The first-order chi connectivity index (χ1) is 6.33. The van der Waals surface area contributed by atoms with Crippen LogP contribution in [0.25, 0.3) is 0 Å². The first-order valence-corrected chi connectivity index (χ1v) is 4.51. The normalized spacial score (nSPS) is 11.7. The number of ether oxygens (including phenoxy) is 1. The van der Waals surface area contributed by atoms with E-state index < -0.39 is 0 Å². The van der Waals surface area contributed by atoms with Gasteiger partial charge in [0, 0.05) is 7.11 Å². The summed E-state index contributed by atoms with van der Waals surface area (Å²) >= 11 is 0. The Morgan fingerprint density at radius 3 is 2.62 bits per heavy atom. The topological polar surface area (TPSA) is 9.23 Å². The lowest BCUT2D eigenvalue weighted by molar-refractivity contribution is 0.233. The van der Waals surface area contributed by atoms with Crippen molar-refractivity contribution in [2.45, 2.75) is 13.3 Å². The molecule has 0 fully saturated rings. The lowest BCUT2D eigenvalue weighted by atomic mass is 10.1. The van der Waals surface area contributed by atoms with Crippen LogP contribution in [0, 0.1) is 0 Å². The number of hydrogen-bond acceptors (Lipinski definition) is 1. The number of benzene rings is 1. The number of allylic oxidation sites excluding steroid dienone is 1. The van der Waals surface area contributed by atoms with E-state index in [1.54, 1.807) is 7.11 Å².